The molecular weight excluding hydrogens is 502 g/mol. The third-order valence-corrected chi connectivity index (χ3v) is 12.8. The van der Waals surface area contributed by atoms with Gasteiger partial charge in [-0.25, -0.2) is 4.79 Å². The Morgan fingerprint density at radius 1 is 1.05 bits per heavy atom. The largest absolute Gasteiger partial charge is 0.497 e. The van der Waals surface area contributed by atoms with Gasteiger partial charge in [-0.05, 0) is 92.9 Å². The summed E-state index contributed by atoms with van der Waals surface area (Å²) < 4.78 is 11.8. The van der Waals surface area contributed by atoms with Gasteiger partial charge < -0.3 is 19.5 Å². The summed E-state index contributed by atoms with van der Waals surface area (Å²) in [6.45, 7) is 8.26. The molecule has 1 aromatic carbocycles. The second kappa shape index (κ2) is 8.47. The summed E-state index contributed by atoms with van der Waals surface area (Å²) in [5, 5.41) is 10.9. The molecule has 8 atom stereocenters. The molecule has 1 aliphatic heterocycles. The smallest absolute Gasteiger partial charge is 0.410 e. The van der Waals surface area contributed by atoms with E-state index < -0.39 is 11.0 Å². The molecule has 2 bridgehead atoms. The van der Waals surface area contributed by atoms with Gasteiger partial charge in [0.25, 0.3) is 0 Å². The topological polar surface area (TPSA) is 76.1 Å². The number of allylic oxidation sites excluding steroid dienone is 4. The monoisotopic (exact) mass is 545 g/mol. The summed E-state index contributed by atoms with van der Waals surface area (Å²) >= 11 is 0. The van der Waals surface area contributed by atoms with Gasteiger partial charge in [-0.2, -0.15) is 0 Å². The molecule has 1 N–H and O–H groups in total. The van der Waals surface area contributed by atoms with E-state index in [9.17, 15) is 14.7 Å². The minimum Gasteiger partial charge on any atom is -0.497 e. The fourth-order valence-corrected chi connectivity index (χ4v) is 10.7. The number of fused-ring (bicyclic) bond motifs is 2. The normalized spacial score (nSPS) is 44.6. The summed E-state index contributed by atoms with van der Waals surface area (Å²) in [4.78, 5) is 29.5. The maximum atomic E-state index is 14.6. The van der Waals surface area contributed by atoms with E-state index in [0.29, 0.717) is 24.4 Å². The Morgan fingerprint density at radius 2 is 1.75 bits per heavy atom. The van der Waals surface area contributed by atoms with Crippen LogP contribution in [0.15, 0.2) is 48.1 Å². The molecule has 6 aliphatic carbocycles. The summed E-state index contributed by atoms with van der Waals surface area (Å²) in [5.41, 5.74) is 0.0702. The number of methoxy groups -OCH3 is 1. The van der Waals surface area contributed by atoms with E-state index in [1.165, 1.54) is 0 Å². The number of benzene rings is 1. The molecule has 8 rings (SSSR count). The predicted octanol–water partition coefficient (Wildman–Crippen LogP) is 6.34. The van der Waals surface area contributed by atoms with Crippen LogP contribution in [0.4, 0.5) is 4.79 Å². The van der Waals surface area contributed by atoms with Crippen LogP contribution in [0, 0.1) is 33.5 Å². The van der Waals surface area contributed by atoms with Crippen LogP contribution in [0.3, 0.4) is 0 Å². The zero-order valence-corrected chi connectivity index (χ0v) is 24.4. The van der Waals surface area contributed by atoms with Crippen LogP contribution in [-0.2, 0) is 4.74 Å². The lowest BCUT2D eigenvalue weighted by Gasteiger charge is -2.71. The molecule has 1 saturated heterocycles. The number of ether oxygens (including phenoxy) is 2. The molecule has 1 aromatic rings. The highest BCUT2D eigenvalue weighted by molar-refractivity contribution is 6.10. The molecule has 40 heavy (non-hydrogen) atoms. The van der Waals surface area contributed by atoms with Gasteiger partial charge in [-0.3, -0.25) is 4.79 Å². The van der Waals surface area contributed by atoms with Crippen LogP contribution in [0.2, 0.25) is 0 Å². The number of hydrogen-bond donors (Lipinski definition) is 1. The Morgan fingerprint density at radius 3 is 2.48 bits per heavy atom. The third kappa shape index (κ3) is 3.04. The van der Waals surface area contributed by atoms with Crippen LogP contribution in [0.25, 0.3) is 0 Å². The third-order valence-electron chi connectivity index (χ3n) is 12.8. The van der Waals surface area contributed by atoms with Crippen molar-refractivity contribution in [3.8, 4) is 5.75 Å². The SMILES string of the molecule is CCCN1CC2(CCC3C45C=CC6(C=C4C(=O)c4ccc(OC)cc4)CC(O)CCC6(C)C5CCC32C)OC1=O. The van der Waals surface area contributed by atoms with Gasteiger partial charge in [0.1, 0.15) is 11.4 Å². The summed E-state index contributed by atoms with van der Waals surface area (Å²) in [7, 11) is 1.64. The van der Waals surface area contributed by atoms with E-state index in [2.05, 4.69) is 39.0 Å². The van der Waals surface area contributed by atoms with Gasteiger partial charge in [0.05, 0.1) is 19.8 Å². The minimum absolute atomic E-state index is 0.0254. The average molecular weight is 546 g/mol. The molecule has 7 aliphatic rings. The number of amides is 1. The van der Waals surface area contributed by atoms with E-state index in [1.54, 1.807) is 7.11 Å². The summed E-state index contributed by atoms with van der Waals surface area (Å²) in [5.74, 6) is 1.31. The van der Waals surface area contributed by atoms with Crippen molar-refractivity contribution in [2.45, 2.75) is 83.8 Å². The molecule has 3 saturated carbocycles. The molecular formula is C34H43NO5. The van der Waals surface area contributed by atoms with Crippen LogP contribution in [-0.4, -0.2) is 53.8 Å². The number of ketones is 1. The highest BCUT2D eigenvalue weighted by Crippen LogP contribution is 2.79. The van der Waals surface area contributed by atoms with Crippen molar-refractivity contribution in [1.29, 1.82) is 0 Å². The Kier molecular flexibility index (Phi) is 5.57. The first-order valence-corrected chi connectivity index (χ1v) is 15.4. The lowest BCUT2D eigenvalue weighted by Crippen LogP contribution is -2.67. The quantitative estimate of drug-likeness (QED) is 0.345. The van der Waals surface area contributed by atoms with E-state index in [1.807, 2.05) is 29.2 Å². The number of hydrogen-bond acceptors (Lipinski definition) is 5. The second-order valence-electron chi connectivity index (χ2n) is 14.1. The van der Waals surface area contributed by atoms with Crippen molar-refractivity contribution in [2.24, 2.45) is 33.5 Å². The van der Waals surface area contributed by atoms with Crippen molar-refractivity contribution < 1.29 is 24.2 Å². The lowest BCUT2D eigenvalue weighted by molar-refractivity contribution is -0.164. The first-order valence-electron chi connectivity index (χ1n) is 15.4. The van der Waals surface area contributed by atoms with E-state index in [-0.39, 0.29) is 40.1 Å². The van der Waals surface area contributed by atoms with Crippen LogP contribution < -0.4 is 4.74 Å². The Labute approximate surface area is 237 Å². The average Bonchev–Trinajstić information content (AvgIpc) is 3.43. The highest BCUT2D eigenvalue weighted by atomic mass is 16.6. The van der Waals surface area contributed by atoms with E-state index >= 15 is 0 Å². The molecule has 0 aromatic heterocycles. The summed E-state index contributed by atoms with van der Waals surface area (Å²) in [6.07, 6.45) is 13.6. The maximum absolute atomic E-state index is 14.6. The lowest BCUT2D eigenvalue weighted by atomic mass is 9.32. The van der Waals surface area contributed by atoms with Crippen molar-refractivity contribution in [1.82, 2.24) is 4.90 Å². The molecule has 6 heteroatoms. The van der Waals surface area contributed by atoms with E-state index in [4.69, 9.17) is 9.47 Å². The van der Waals surface area contributed by atoms with Crippen molar-refractivity contribution in [3.05, 3.63) is 53.6 Å². The number of carbonyl (C=O) groups is 2. The van der Waals surface area contributed by atoms with Gasteiger partial charge >= 0.3 is 6.09 Å². The molecule has 214 valence electrons. The predicted molar refractivity (Wildman–Crippen MR) is 152 cm³/mol. The Balaban J connectivity index is 1.38. The fraction of sp³-hybridized carbons (Fsp3) is 0.647. The number of aliphatic hydroxyl groups excluding tert-OH is 1. The molecule has 8 unspecified atom stereocenters. The van der Waals surface area contributed by atoms with Crippen molar-refractivity contribution >= 4 is 11.9 Å². The van der Waals surface area contributed by atoms with Crippen molar-refractivity contribution in [3.63, 3.8) is 0 Å². The number of Topliss-reactive ketones (excluding diaryl/α,β-unsaturated/α-hetero) is 1. The molecule has 0 radical (unpaired) electrons. The number of carbonyl (C=O) groups excluding carboxylic acids is 2. The van der Waals surface area contributed by atoms with Gasteiger partial charge in [0.2, 0.25) is 0 Å². The molecule has 1 heterocycles. The first kappa shape index (κ1) is 26.3. The van der Waals surface area contributed by atoms with Gasteiger partial charge in [0.15, 0.2) is 5.78 Å². The molecule has 1 amide bonds. The zero-order valence-electron chi connectivity index (χ0n) is 24.4. The van der Waals surface area contributed by atoms with Gasteiger partial charge in [-0.15, -0.1) is 0 Å². The minimum atomic E-state index is -0.513. The summed E-state index contributed by atoms with van der Waals surface area (Å²) in [6, 6.07) is 7.49. The Hall–Kier alpha value is -2.60. The molecule has 4 fully saturated rings. The second-order valence-corrected chi connectivity index (χ2v) is 14.1. The van der Waals surface area contributed by atoms with Gasteiger partial charge in [0, 0.05) is 33.9 Å². The maximum Gasteiger partial charge on any atom is 0.410 e. The number of aliphatic hydroxyl groups is 1. The van der Waals surface area contributed by atoms with Gasteiger partial charge in [-0.1, -0.05) is 39.0 Å². The zero-order chi connectivity index (χ0) is 28.1. The van der Waals surface area contributed by atoms with E-state index in [0.717, 1.165) is 62.8 Å². The van der Waals surface area contributed by atoms with Crippen LogP contribution >= 0.6 is 0 Å². The standard InChI is InChI=1S/C34H43NO5/c1-5-18-35-21-33(40-29(35)38)15-12-27-31(33,3)14-11-26-30(2)13-10-23(36)19-32(30)16-17-34(26,27)25(20-32)28(37)22-6-8-24(39-4)9-7-22/h6-9,16-17,20,23,26-27,36H,5,10-15,18-19,21H2,1-4H3. The van der Waals surface area contributed by atoms with Crippen molar-refractivity contribution in [2.75, 3.05) is 20.2 Å². The Bertz CT molecular complexity index is 1320. The first-order chi connectivity index (χ1) is 19.1. The van der Waals surface area contributed by atoms with Crippen LogP contribution in [0.5, 0.6) is 5.75 Å². The molecule has 3 spiro atoms. The fourth-order valence-electron chi connectivity index (χ4n) is 10.7. The number of rotatable bonds is 5. The van der Waals surface area contributed by atoms with Crippen LogP contribution in [0.1, 0.15) is 82.5 Å². The number of nitrogens with zero attached hydrogens (tertiary/aromatic N) is 1. The molecule has 6 nitrogen and oxygen atoms in total. The highest BCUT2D eigenvalue weighted by Gasteiger charge is 2.76.